The summed E-state index contributed by atoms with van der Waals surface area (Å²) in [6.07, 6.45) is 0.784. The number of aromatic nitrogens is 2. The second kappa shape index (κ2) is 6.08. The first-order valence-electron chi connectivity index (χ1n) is 8.24. The van der Waals surface area contributed by atoms with Crippen molar-refractivity contribution in [3.8, 4) is 0 Å². The van der Waals surface area contributed by atoms with Crippen molar-refractivity contribution in [1.82, 2.24) is 14.0 Å². The monoisotopic (exact) mass is 355 g/mol. The van der Waals surface area contributed by atoms with E-state index in [4.69, 9.17) is 11.6 Å². The van der Waals surface area contributed by atoms with Crippen molar-refractivity contribution >= 4 is 28.5 Å². The number of para-hydroxylation sites is 2. The molecule has 1 aliphatic rings. The average molecular weight is 356 g/mol. The Bertz CT molecular complexity index is 1030. The smallest absolute Gasteiger partial charge is 0.329 e. The Labute approximate surface area is 150 Å². The SMILES string of the molecule is Cn1c(=O)n(CC(=O)N2CCc3cccc(Cl)c3C2)c2ccccc21. The second-order valence-corrected chi connectivity index (χ2v) is 6.77. The molecule has 2 aromatic carbocycles. The molecule has 3 aromatic rings. The van der Waals surface area contributed by atoms with Gasteiger partial charge in [-0.05, 0) is 35.7 Å². The van der Waals surface area contributed by atoms with Crippen LogP contribution < -0.4 is 5.69 Å². The fraction of sp³-hybridized carbons (Fsp3) is 0.263. The average Bonchev–Trinajstić information content (AvgIpc) is 2.87. The third-order valence-corrected chi connectivity index (χ3v) is 5.27. The van der Waals surface area contributed by atoms with Crippen molar-refractivity contribution < 1.29 is 4.79 Å². The summed E-state index contributed by atoms with van der Waals surface area (Å²) >= 11 is 6.28. The van der Waals surface area contributed by atoms with E-state index in [0.29, 0.717) is 18.1 Å². The van der Waals surface area contributed by atoms with Crippen molar-refractivity contribution in [1.29, 1.82) is 0 Å². The molecule has 6 heteroatoms. The second-order valence-electron chi connectivity index (χ2n) is 6.36. The van der Waals surface area contributed by atoms with Crippen LogP contribution in [0.1, 0.15) is 11.1 Å². The lowest BCUT2D eigenvalue weighted by atomic mass is 10.00. The van der Waals surface area contributed by atoms with Gasteiger partial charge in [0.1, 0.15) is 6.54 Å². The molecule has 5 nitrogen and oxygen atoms in total. The van der Waals surface area contributed by atoms with Crippen LogP contribution >= 0.6 is 11.6 Å². The largest absolute Gasteiger partial charge is 0.336 e. The molecule has 0 N–H and O–H groups in total. The minimum absolute atomic E-state index is 0.0416. The first kappa shape index (κ1) is 16.0. The van der Waals surface area contributed by atoms with Gasteiger partial charge in [0.05, 0.1) is 11.0 Å². The third-order valence-electron chi connectivity index (χ3n) is 4.91. The molecule has 0 atom stereocenters. The van der Waals surface area contributed by atoms with Crippen LogP contribution in [0.15, 0.2) is 47.3 Å². The highest BCUT2D eigenvalue weighted by atomic mass is 35.5. The molecule has 0 saturated heterocycles. The number of carbonyl (C=O) groups excluding carboxylic acids is 1. The number of rotatable bonds is 2. The molecular weight excluding hydrogens is 338 g/mol. The molecular formula is C19H18ClN3O2. The number of fused-ring (bicyclic) bond motifs is 2. The van der Waals surface area contributed by atoms with Crippen LogP contribution in [0.25, 0.3) is 11.0 Å². The maximum atomic E-state index is 12.8. The number of halogens is 1. The lowest BCUT2D eigenvalue weighted by molar-refractivity contribution is -0.132. The summed E-state index contributed by atoms with van der Waals surface area (Å²) in [5.41, 5.74) is 3.63. The van der Waals surface area contributed by atoms with Crippen molar-refractivity contribution in [3.63, 3.8) is 0 Å². The molecule has 2 heterocycles. The van der Waals surface area contributed by atoms with E-state index in [9.17, 15) is 9.59 Å². The van der Waals surface area contributed by atoms with E-state index in [1.54, 1.807) is 21.1 Å². The van der Waals surface area contributed by atoms with Crippen molar-refractivity contribution in [2.24, 2.45) is 7.05 Å². The predicted molar refractivity (Wildman–Crippen MR) is 97.8 cm³/mol. The number of hydrogen-bond acceptors (Lipinski definition) is 2. The van der Waals surface area contributed by atoms with E-state index in [2.05, 4.69) is 6.07 Å². The first-order chi connectivity index (χ1) is 12.1. The molecule has 1 aromatic heterocycles. The van der Waals surface area contributed by atoms with Gasteiger partial charge in [0, 0.05) is 25.2 Å². The van der Waals surface area contributed by atoms with Crippen LogP contribution in [0.2, 0.25) is 5.02 Å². The standard InChI is InChI=1S/C19H18ClN3O2/c1-21-16-7-2-3-8-17(16)23(19(21)25)12-18(24)22-10-9-13-5-4-6-15(20)14(13)11-22/h2-8H,9-12H2,1H3. The van der Waals surface area contributed by atoms with Gasteiger partial charge in [0.15, 0.2) is 0 Å². The van der Waals surface area contributed by atoms with Gasteiger partial charge < -0.3 is 4.90 Å². The van der Waals surface area contributed by atoms with Gasteiger partial charge >= 0.3 is 5.69 Å². The molecule has 0 fully saturated rings. The normalized spacial score (nSPS) is 13.9. The Hall–Kier alpha value is -2.53. The molecule has 4 rings (SSSR count). The number of imidazole rings is 1. The van der Waals surface area contributed by atoms with E-state index in [1.807, 2.05) is 36.4 Å². The number of nitrogens with zero attached hydrogens (tertiary/aromatic N) is 3. The molecule has 0 unspecified atom stereocenters. The summed E-state index contributed by atoms with van der Waals surface area (Å²) in [6, 6.07) is 13.4. The summed E-state index contributed by atoms with van der Waals surface area (Å²) in [5.74, 6) is -0.0657. The highest BCUT2D eigenvalue weighted by Gasteiger charge is 2.23. The Balaban J connectivity index is 1.63. The van der Waals surface area contributed by atoms with Gasteiger partial charge in [-0.25, -0.2) is 4.79 Å². The van der Waals surface area contributed by atoms with E-state index < -0.39 is 0 Å². The molecule has 128 valence electrons. The fourth-order valence-corrected chi connectivity index (χ4v) is 3.76. The van der Waals surface area contributed by atoms with Crippen LogP contribution in [0.4, 0.5) is 0 Å². The van der Waals surface area contributed by atoms with E-state index in [-0.39, 0.29) is 18.1 Å². The molecule has 0 radical (unpaired) electrons. The summed E-state index contributed by atoms with van der Waals surface area (Å²) in [6.45, 7) is 1.18. The minimum Gasteiger partial charge on any atom is -0.336 e. The fourth-order valence-electron chi connectivity index (χ4n) is 3.50. The van der Waals surface area contributed by atoms with Gasteiger partial charge in [0.2, 0.25) is 5.91 Å². The molecule has 1 aliphatic heterocycles. The maximum absolute atomic E-state index is 12.8. The van der Waals surface area contributed by atoms with Crippen LogP contribution in [-0.4, -0.2) is 26.5 Å². The lowest BCUT2D eigenvalue weighted by Crippen LogP contribution is -2.39. The zero-order valence-electron chi connectivity index (χ0n) is 13.9. The van der Waals surface area contributed by atoms with Gasteiger partial charge in [-0.2, -0.15) is 0 Å². The van der Waals surface area contributed by atoms with Crippen molar-refractivity contribution in [2.45, 2.75) is 19.5 Å². The highest BCUT2D eigenvalue weighted by molar-refractivity contribution is 6.31. The maximum Gasteiger partial charge on any atom is 0.329 e. The van der Waals surface area contributed by atoms with Crippen LogP contribution in [-0.2, 0) is 31.4 Å². The minimum atomic E-state index is -0.176. The summed E-state index contributed by atoms with van der Waals surface area (Å²) in [7, 11) is 1.72. The highest BCUT2D eigenvalue weighted by Crippen LogP contribution is 2.26. The molecule has 0 saturated carbocycles. The van der Waals surface area contributed by atoms with Crippen LogP contribution in [0, 0.1) is 0 Å². The zero-order valence-corrected chi connectivity index (χ0v) is 14.7. The van der Waals surface area contributed by atoms with Gasteiger partial charge in [-0.1, -0.05) is 35.9 Å². The molecule has 0 bridgehead atoms. The first-order valence-corrected chi connectivity index (χ1v) is 8.62. The molecule has 0 aliphatic carbocycles. The number of aryl methyl sites for hydroxylation is 1. The molecule has 25 heavy (non-hydrogen) atoms. The summed E-state index contributed by atoms with van der Waals surface area (Å²) < 4.78 is 3.12. The van der Waals surface area contributed by atoms with E-state index >= 15 is 0 Å². The quantitative estimate of drug-likeness (QED) is 0.709. The Kier molecular flexibility index (Phi) is 3.88. The molecule has 0 spiro atoms. The van der Waals surface area contributed by atoms with E-state index in [1.165, 1.54) is 5.56 Å². The predicted octanol–water partition coefficient (Wildman–Crippen LogP) is 2.58. The van der Waals surface area contributed by atoms with Crippen molar-refractivity contribution in [3.05, 3.63) is 69.1 Å². The van der Waals surface area contributed by atoms with Gasteiger partial charge in [-0.15, -0.1) is 0 Å². The Morgan fingerprint density at radius 3 is 2.68 bits per heavy atom. The number of hydrogen-bond donors (Lipinski definition) is 0. The van der Waals surface area contributed by atoms with Crippen molar-refractivity contribution in [2.75, 3.05) is 6.54 Å². The third kappa shape index (κ3) is 2.65. The van der Waals surface area contributed by atoms with Gasteiger partial charge in [-0.3, -0.25) is 13.9 Å². The number of carbonyl (C=O) groups is 1. The zero-order chi connectivity index (χ0) is 17.6. The Morgan fingerprint density at radius 2 is 1.88 bits per heavy atom. The topological polar surface area (TPSA) is 47.2 Å². The Morgan fingerprint density at radius 1 is 1.12 bits per heavy atom. The summed E-state index contributed by atoms with van der Waals surface area (Å²) in [4.78, 5) is 27.1. The molecule has 1 amide bonds. The number of amides is 1. The van der Waals surface area contributed by atoms with E-state index in [0.717, 1.165) is 23.0 Å². The summed E-state index contributed by atoms with van der Waals surface area (Å²) in [5, 5.41) is 0.692. The van der Waals surface area contributed by atoms with Crippen LogP contribution in [0.5, 0.6) is 0 Å². The number of benzene rings is 2. The lowest BCUT2D eigenvalue weighted by Gasteiger charge is -2.29. The van der Waals surface area contributed by atoms with Gasteiger partial charge in [0.25, 0.3) is 0 Å². The van der Waals surface area contributed by atoms with Crippen LogP contribution in [0.3, 0.4) is 0 Å².